The standard InChI is InChI=1S/C13H15F3N2O4/c1-20-10-5-3-4-9(12(10)21-2)6-18-22-7-11(19)17-8-13(14,15)16/h3-6H,7-8H2,1-2H3,(H,17,19)/b18-6-. The van der Waals surface area contributed by atoms with Gasteiger partial charge in [0, 0.05) is 5.56 Å². The first kappa shape index (κ1) is 17.6. The number of nitrogens with one attached hydrogen (secondary N) is 1. The third-order valence-corrected chi connectivity index (χ3v) is 2.38. The molecule has 1 amide bonds. The van der Waals surface area contributed by atoms with Crippen molar-refractivity contribution in [1.82, 2.24) is 5.32 Å². The van der Waals surface area contributed by atoms with E-state index in [9.17, 15) is 18.0 Å². The zero-order chi connectivity index (χ0) is 16.6. The number of rotatable bonds is 7. The molecule has 1 aromatic carbocycles. The highest BCUT2D eigenvalue weighted by Gasteiger charge is 2.27. The van der Waals surface area contributed by atoms with Crippen molar-refractivity contribution in [3.63, 3.8) is 0 Å². The summed E-state index contributed by atoms with van der Waals surface area (Å²) in [7, 11) is 2.92. The maximum absolute atomic E-state index is 11.9. The molecule has 1 aromatic rings. The summed E-state index contributed by atoms with van der Waals surface area (Å²) in [5, 5.41) is 5.16. The van der Waals surface area contributed by atoms with Crippen LogP contribution in [0.1, 0.15) is 5.56 Å². The fraction of sp³-hybridized carbons (Fsp3) is 0.385. The highest BCUT2D eigenvalue weighted by molar-refractivity contribution is 5.84. The number of carbonyl (C=O) groups is 1. The fourth-order valence-electron chi connectivity index (χ4n) is 1.45. The maximum atomic E-state index is 11.9. The fourth-order valence-corrected chi connectivity index (χ4v) is 1.45. The number of amides is 1. The monoisotopic (exact) mass is 320 g/mol. The Labute approximate surface area is 124 Å². The molecule has 0 aromatic heterocycles. The Kier molecular flexibility index (Phi) is 6.48. The highest BCUT2D eigenvalue weighted by atomic mass is 19.4. The van der Waals surface area contributed by atoms with Gasteiger partial charge in [0.2, 0.25) is 0 Å². The van der Waals surface area contributed by atoms with E-state index in [0.717, 1.165) is 0 Å². The number of benzene rings is 1. The minimum atomic E-state index is -4.47. The Hall–Kier alpha value is -2.45. The van der Waals surface area contributed by atoms with Crippen molar-refractivity contribution in [1.29, 1.82) is 0 Å². The Morgan fingerprint density at radius 3 is 2.64 bits per heavy atom. The molecule has 6 nitrogen and oxygen atoms in total. The van der Waals surface area contributed by atoms with Gasteiger partial charge >= 0.3 is 6.18 Å². The van der Waals surface area contributed by atoms with Crippen LogP contribution in [0.3, 0.4) is 0 Å². The number of carbonyl (C=O) groups excluding carboxylic acids is 1. The van der Waals surface area contributed by atoms with Crippen molar-refractivity contribution in [2.75, 3.05) is 27.4 Å². The maximum Gasteiger partial charge on any atom is 0.405 e. The number of oxime groups is 1. The number of ether oxygens (including phenoxy) is 2. The van der Waals surface area contributed by atoms with Gasteiger partial charge in [0.05, 0.1) is 20.4 Å². The number of halogens is 3. The van der Waals surface area contributed by atoms with Gasteiger partial charge in [-0.3, -0.25) is 4.79 Å². The topological polar surface area (TPSA) is 69.2 Å². The van der Waals surface area contributed by atoms with Crippen molar-refractivity contribution in [2.24, 2.45) is 5.16 Å². The number of methoxy groups -OCH3 is 2. The predicted molar refractivity (Wildman–Crippen MR) is 72.2 cm³/mol. The van der Waals surface area contributed by atoms with Crippen molar-refractivity contribution in [2.45, 2.75) is 6.18 Å². The lowest BCUT2D eigenvalue weighted by atomic mass is 10.2. The van der Waals surface area contributed by atoms with Crippen LogP contribution in [-0.4, -0.2) is 45.7 Å². The molecular weight excluding hydrogens is 305 g/mol. The van der Waals surface area contributed by atoms with Gasteiger partial charge in [-0.05, 0) is 12.1 Å². The van der Waals surface area contributed by atoms with E-state index in [1.165, 1.54) is 20.4 Å². The average Bonchev–Trinajstić information content (AvgIpc) is 2.48. The molecule has 0 heterocycles. The summed E-state index contributed by atoms with van der Waals surface area (Å²) in [4.78, 5) is 15.7. The van der Waals surface area contributed by atoms with Crippen molar-refractivity contribution in [3.05, 3.63) is 23.8 Å². The normalized spacial score (nSPS) is 11.3. The molecule has 0 atom stereocenters. The number of hydrogen-bond acceptors (Lipinski definition) is 5. The molecule has 0 radical (unpaired) electrons. The van der Waals surface area contributed by atoms with E-state index in [2.05, 4.69) is 9.99 Å². The van der Waals surface area contributed by atoms with Gasteiger partial charge in [0.15, 0.2) is 18.1 Å². The second-order valence-electron chi connectivity index (χ2n) is 3.98. The van der Waals surface area contributed by atoms with Crippen LogP contribution >= 0.6 is 0 Å². The Bertz CT molecular complexity index is 533. The molecule has 0 aliphatic carbocycles. The van der Waals surface area contributed by atoms with E-state index in [4.69, 9.17) is 9.47 Å². The molecule has 0 bridgehead atoms. The number of para-hydroxylation sites is 1. The average molecular weight is 320 g/mol. The van der Waals surface area contributed by atoms with Gasteiger partial charge < -0.3 is 19.6 Å². The number of hydrogen-bond donors (Lipinski definition) is 1. The first-order valence-electron chi connectivity index (χ1n) is 6.07. The number of alkyl halides is 3. The molecule has 0 saturated carbocycles. The lowest BCUT2D eigenvalue weighted by Crippen LogP contribution is -2.35. The summed E-state index contributed by atoms with van der Waals surface area (Å²) in [6.45, 7) is -2.04. The summed E-state index contributed by atoms with van der Waals surface area (Å²) in [5.74, 6) is -0.0275. The van der Waals surface area contributed by atoms with Gasteiger partial charge in [-0.2, -0.15) is 13.2 Å². The van der Waals surface area contributed by atoms with Gasteiger partial charge in [0.25, 0.3) is 5.91 Å². The van der Waals surface area contributed by atoms with E-state index in [1.54, 1.807) is 23.5 Å². The quantitative estimate of drug-likeness (QED) is 0.614. The minimum Gasteiger partial charge on any atom is -0.493 e. The van der Waals surface area contributed by atoms with Crippen LogP contribution in [0.15, 0.2) is 23.4 Å². The first-order valence-corrected chi connectivity index (χ1v) is 6.07. The van der Waals surface area contributed by atoms with Crippen LogP contribution in [0.25, 0.3) is 0 Å². The zero-order valence-corrected chi connectivity index (χ0v) is 11.9. The van der Waals surface area contributed by atoms with Gasteiger partial charge in [-0.1, -0.05) is 11.2 Å². The van der Waals surface area contributed by atoms with E-state index in [0.29, 0.717) is 17.1 Å². The summed E-state index contributed by atoms with van der Waals surface area (Å²) < 4.78 is 45.8. The van der Waals surface area contributed by atoms with E-state index in [-0.39, 0.29) is 0 Å². The van der Waals surface area contributed by atoms with Crippen LogP contribution in [0, 0.1) is 0 Å². The Morgan fingerprint density at radius 1 is 1.32 bits per heavy atom. The third-order valence-electron chi connectivity index (χ3n) is 2.38. The summed E-state index contributed by atoms with van der Waals surface area (Å²) in [6, 6.07) is 5.04. The molecule has 0 fully saturated rings. The predicted octanol–water partition coefficient (Wildman–Crippen LogP) is 1.73. The lowest BCUT2D eigenvalue weighted by Gasteiger charge is -2.09. The molecule has 122 valence electrons. The number of nitrogens with zero attached hydrogens (tertiary/aromatic N) is 1. The minimum absolute atomic E-state index is 0.416. The molecule has 0 unspecified atom stereocenters. The molecule has 0 spiro atoms. The SMILES string of the molecule is COc1cccc(/C=N\OCC(=O)NCC(F)(F)F)c1OC. The molecule has 1 rings (SSSR count). The van der Waals surface area contributed by atoms with E-state index in [1.807, 2.05) is 0 Å². The molecule has 9 heteroatoms. The highest BCUT2D eigenvalue weighted by Crippen LogP contribution is 2.29. The molecular formula is C13H15F3N2O4. The smallest absolute Gasteiger partial charge is 0.405 e. The Morgan fingerprint density at radius 2 is 2.05 bits per heavy atom. The van der Waals surface area contributed by atoms with Gasteiger partial charge in [-0.15, -0.1) is 0 Å². The first-order chi connectivity index (χ1) is 10.4. The van der Waals surface area contributed by atoms with Crippen LogP contribution in [0.4, 0.5) is 13.2 Å². The molecule has 0 saturated heterocycles. The summed E-state index contributed by atoms with van der Waals surface area (Å²) >= 11 is 0. The van der Waals surface area contributed by atoms with E-state index < -0.39 is 25.2 Å². The zero-order valence-electron chi connectivity index (χ0n) is 11.9. The Balaban J connectivity index is 2.51. The molecule has 0 aliphatic rings. The molecule has 0 aliphatic heterocycles. The van der Waals surface area contributed by atoms with Crippen LogP contribution in [0.2, 0.25) is 0 Å². The molecule has 1 N–H and O–H groups in total. The third kappa shape index (κ3) is 5.90. The van der Waals surface area contributed by atoms with E-state index >= 15 is 0 Å². The van der Waals surface area contributed by atoms with Crippen molar-refractivity contribution in [3.8, 4) is 11.5 Å². The van der Waals surface area contributed by atoms with Crippen molar-refractivity contribution < 1.29 is 32.3 Å². The van der Waals surface area contributed by atoms with Gasteiger partial charge in [0.1, 0.15) is 6.54 Å². The second-order valence-corrected chi connectivity index (χ2v) is 3.98. The van der Waals surface area contributed by atoms with Crippen LogP contribution < -0.4 is 14.8 Å². The lowest BCUT2D eigenvalue weighted by molar-refractivity contribution is -0.141. The van der Waals surface area contributed by atoms with Gasteiger partial charge in [-0.25, -0.2) is 0 Å². The summed E-state index contributed by atoms with van der Waals surface area (Å²) in [5.41, 5.74) is 0.526. The molecule has 22 heavy (non-hydrogen) atoms. The summed E-state index contributed by atoms with van der Waals surface area (Å²) in [6.07, 6.45) is -3.20. The van der Waals surface area contributed by atoms with Crippen LogP contribution in [0.5, 0.6) is 11.5 Å². The van der Waals surface area contributed by atoms with Crippen molar-refractivity contribution >= 4 is 12.1 Å². The van der Waals surface area contributed by atoms with Crippen LogP contribution in [-0.2, 0) is 9.63 Å². The second kappa shape index (κ2) is 8.11. The largest absolute Gasteiger partial charge is 0.493 e.